The maximum atomic E-state index is 13.0. The molecule has 3 aromatic rings. The summed E-state index contributed by atoms with van der Waals surface area (Å²) in [5.41, 5.74) is 1.43. The third kappa shape index (κ3) is 4.30. The second-order valence-electron chi connectivity index (χ2n) is 7.98. The standard InChI is InChI=1S/C20H22F2N4O2S2/c1-11(2)26-16-12-5-14(15-7-23-10-29-15)30-18(12)25-6-13(16)17(27)24-4-3-19(28)8-20(21,22)9-19/h5-7,10-11,28H,3-4,8-9H2,1-2H3,(H,24,27)(H,25,26). The van der Waals surface area contributed by atoms with Gasteiger partial charge in [-0.2, -0.15) is 0 Å². The summed E-state index contributed by atoms with van der Waals surface area (Å²) in [6.07, 6.45) is 2.30. The van der Waals surface area contributed by atoms with Crippen LogP contribution in [0.5, 0.6) is 0 Å². The predicted octanol–water partition coefficient (Wildman–Crippen LogP) is 4.52. The zero-order valence-electron chi connectivity index (χ0n) is 16.5. The Hall–Kier alpha value is -2.17. The van der Waals surface area contributed by atoms with E-state index in [1.807, 2.05) is 19.9 Å². The van der Waals surface area contributed by atoms with Crippen molar-refractivity contribution in [3.8, 4) is 9.75 Å². The maximum Gasteiger partial charge on any atom is 0.254 e. The summed E-state index contributed by atoms with van der Waals surface area (Å²) in [5.74, 6) is -3.16. The minimum Gasteiger partial charge on any atom is -0.389 e. The first-order chi connectivity index (χ1) is 14.2. The molecule has 10 heteroatoms. The Labute approximate surface area is 180 Å². The summed E-state index contributed by atoms with van der Waals surface area (Å²) in [5, 5.41) is 17.0. The summed E-state index contributed by atoms with van der Waals surface area (Å²) >= 11 is 3.07. The number of pyridine rings is 1. The number of carbonyl (C=O) groups excluding carboxylic acids is 1. The minimum atomic E-state index is -2.81. The van der Waals surface area contributed by atoms with Gasteiger partial charge in [0.2, 0.25) is 0 Å². The third-order valence-electron chi connectivity index (χ3n) is 4.97. The molecule has 160 valence electrons. The molecular weight excluding hydrogens is 430 g/mol. The first-order valence-electron chi connectivity index (χ1n) is 9.62. The summed E-state index contributed by atoms with van der Waals surface area (Å²) in [4.78, 5) is 24.3. The number of anilines is 1. The van der Waals surface area contributed by atoms with E-state index in [4.69, 9.17) is 0 Å². The summed E-state index contributed by atoms with van der Waals surface area (Å²) in [6, 6.07) is 2.09. The quantitative estimate of drug-likeness (QED) is 0.491. The molecular formula is C20H22F2N4O2S2. The van der Waals surface area contributed by atoms with Crippen molar-refractivity contribution in [2.24, 2.45) is 0 Å². The fourth-order valence-corrected chi connectivity index (χ4v) is 5.37. The fourth-order valence-electron chi connectivity index (χ4n) is 3.66. The summed E-state index contributed by atoms with van der Waals surface area (Å²) in [6.45, 7) is 4.08. The largest absolute Gasteiger partial charge is 0.389 e. The van der Waals surface area contributed by atoms with Crippen LogP contribution in [-0.2, 0) is 0 Å². The number of amides is 1. The molecule has 0 aliphatic heterocycles. The molecule has 0 unspecified atom stereocenters. The third-order valence-corrected chi connectivity index (χ3v) is 6.98. The van der Waals surface area contributed by atoms with Gasteiger partial charge < -0.3 is 15.7 Å². The topological polar surface area (TPSA) is 87.1 Å². The number of aliphatic hydroxyl groups is 1. The molecule has 1 amide bonds. The van der Waals surface area contributed by atoms with Gasteiger partial charge in [-0.05, 0) is 26.3 Å². The monoisotopic (exact) mass is 452 g/mol. The zero-order chi connectivity index (χ0) is 21.5. The van der Waals surface area contributed by atoms with E-state index < -0.39 is 24.4 Å². The Morgan fingerprint density at radius 3 is 2.70 bits per heavy atom. The van der Waals surface area contributed by atoms with Gasteiger partial charge in [0.25, 0.3) is 11.8 Å². The van der Waals surface area contributed by atoms with Gasteiger partial charge in [-0.15, -0.1) is 22.7 Å². The van der Waals surface area contributed by atoms with Gasteiger partial charge in [-0.3, -0.25) is 9.78 Å². The smallest absolute Gasteiger partial charge is 0.254 e. The normalized spacial score (nSPS) is 17.1. The van der Waals surface area contributed by atoms with Gasteiger partial charge in [0.15, 0.2) is 0 Å². The van der Waals surface area contributed by atoms with Gasteiger partial charge in [0, 0.05) is 48.1 Å². The van der Waals surface area contributed by atoms with Crippen molar-refractivity contribution in [1.82, 2.24) is 15.3 Å². The van der Waals surface area contributed by atoms with Crippen LogP contribution in [0.1, 0.15) is 43.5 Å². The number of hydrogen-bond acceptors (Lipinski definition) is 7. The number of aromatic nitrogens is 2. The van der Waals surface area contributed by atoms with Crippen LogP contribution in [0.3, 0.4) is 0 Å². The van der Waals surface area contributed by atoms with Crippen LogP contribution < -0.4 is 10.6 Å². The van der Waals surface area contributed by atoms with Gasteiger partial charge in [0.1, 0.15) is 4.83 Å². The van der Waals surface area contributed by atoms with Gasteiger partial charge >= 0.3 is 0 Å². The van der Waals surface area contributed by atoms with Crippen LogP contribution in [0.25, 0.3) is 20.0 Å². The van der Waals surface area contributed by atoms with Gasteiger partial charge in [-0.1, -0.05) is 0 Å². The Kier molecular flexibility index (Phi) is 5.50. The number of thiazole rings is 1. The molecule has 0 saturated heterocycles. The molecule has 1 saturated carbocycles. The lowest BCUT2D eigenvalue weighted by Gasteiger charge is -2.43. The molecule has 3 aromatic heterocycles. The van der Waals surface area contributed by atoms with Crippen LogP contribution in [0.2, 0.25) is 0 Å². The van der Waals surface area contributed by atoms with Crippen LogP contribution in [-0.4, -0.2) is 45.1 Å². The van der Waals surface area contributed by atoms with Crippen LogP contribution in [0.15, 0.2) is 24.0 Å². The molecule has 0 atom stereocenters. The highest BCUT2D eigenvalue weighted by Crippen LogP contribution is 2.47. The lowest BCUT2D eigenvalue weighted by atomic mass is 9.74. The molecule has 30 heavy (non-hydrogen) atoms. The van der Waals surface area contributed by atoms with E-state index in [0.29, 0.717) is 11.3 Å². The van der Waals surface area contributed by atoms with Crippen molar-refractivity contribution in [3.63, 3.8) is 0 Å². The number of alkyl halides is 2. The molecule has 0 aromatic carbocycles. The van der Waals surface area contributed by atoms with Crippen molar-refractivity contribution < 1.29 is 18.7 Å². The van der Waals surface area contributed by atoms with Crippen molar-refractivity contribution in [2.45, 2.75) is 50.7 Å². The van der Waals surface area contributed by atoms with E-state index in [1.54, 1.807) is 11.7 Å². The molecule has 1 aliphatic carbocycles. The Morgan fingerprint density at radius 1 is 1.30 bits per heavy atom. The first kappa shape index (κ1) is 21.1. The lowest BCUT2D eigenvalue weighted by molar-refractivity contribution is -0.206. The average Bonchev–Trinajstić information content (AvgIpc) is 3.29. The van der Waals surface area contributed by atoms with E-state index in [9.17, 15) is 18.7 Å². The lowest BCUT2D eigenvalue weighted by Crippen LogP contribution is -2.53. The molecule has 1 fully saturated rings. The second kappa shape index (κ2) is 7.82. The van der Waals surface area contributed by atoms with E-state index in [1.165, 1.54) is 28.9 Å². The van der Waals surface area contributed by atoms with Crippen molar-refractivity contribution in [1.29, 1.82) is 0 Å². The highest BCUT2D eigenvalue weighted by Gasteiger charge is 2.55. The van der Waals surface area contributed by atoms with Crippen molar-refractivity contribution >= 4 is 44.5 Å². The molecule has 1 aliphatic rings. The number of nitrogens with zero attached hydrogens (tertiary/aromatic N) is 2. The van der Waals surface area contributed by atoms with Crippen LogP contribution in [0, 0.1) is 0 Å². The molecule has 0 bridgehead atoms. The van der Waals surface area contributed by atoms with E-state index in [0.717, 1.165) is 20.0 Å². The molecule has 0 spiro atoms. The maximum absolute atomic E-state index is 13.0. The highest BCUT2D eigenvalue weighted by atomic mass is 32.1. The average molecular weight is 453 g/mol. The fraction of sp³-hybridized carbons (Fsp3) is 0.450. The highest BCUT2D eigenvalue weighted by molar-refractivity contribution is 7.25. The Morgan fingerprint density at radius 2 is 2.07 bits per heavy atom. The molecule has 0 radical (unpaired) electrons. The van der Waals surface area contributed by atoms with E-state index in [2.05, 4.69) is 20.6 Å². The SMILES string of the molecule is CC(C)Nc1c(C(=O)NCCC2(O)CC(F)(F)C2)cnc2sc(-c3cncs3)cc12. The van der Waals surface area contributed by atoms with Crippen LogP contribution >= 0.6 is 22.7 Å². The second-order valence-corrected chi connectivity index (χ2v) is 9.90. The molecule has 4 rings (SSSR count). The number of halogens is 2. The minimum absolute atomic E-state index is 0.0882. The summed E-state index contributed by atoms with van der Waals surface area (Å²) < 4.78 is 26.1. The van der Waals surface area contributed by atoms with Crippen molar-refractivity contribution in [3.05, 3.63) is 29.5 Å². The van der Waals surface area contributed by atoms with Gasteiger partial charge in [0.05, 0.1) is 27.2 Å². The number of fused-ring (bicyclic) bond motifs is 1. The first-order valence-corrected chi connectivity index (χ1v) is 11.3. The predicted molar refractivity (Wildman–Crippen MR) is 116 cm³/mol. The molecule has 3 N–H and O–H groups in total. The van der Waals surface area contributed by atoms with E-state index in [-0.39, 0.29) is 24.9 Å². The Balaban J connectivity index is 1.55. The summed E-state index contributed by atoms with van der Waals surface area (Å²) in [7, 11) is 0. The number of carbonyl (C=O) groups is 1. The van der Waals surface area contributed by atoms with Crippen LogP contribution in [0.4, 0.5) is 14.5 Å². The zero-order valence-corrected chi connectivity index (χ0v) is 18.2. The number of hydrogen-bond donors (Lipinski definition) is 3. The Bertz CT molecular complexity index is 1060. The van der Waals surface area contributed by atoms with Crippen molar-refractivity contribution in [2.75, 3.05) is 11.9 Å². The molecule has 6 nitrogen and oxygen atoms in total. The number of thiophene rings is 1. The van der Waals surface area contributed by atoms with E-state index >= 15 is 0 Å². The number of nitrogens with one attached hydrogen (secondary N) is 2. The number of rotatable bonds is 7. The van der Waals surface area contributed by atoms with Gasteiger partial charge in [-0.25, -0.2) is 13.8 Å². The molecule has 3 heterocycles.